The molecule has 0 spiro atoms. The summed E-state index contributed by atoms with van der Waals surface area (Å²) in [5.41, 5.74) is 1.19. The van der Waals surface area contributed by atoms with Crippen molar-refractivity contribution in [2.45, 2.75) is 39.2 Å². The number of piperidine rings is 1. The van der Waals surface area contributed by atoms with Gasteiger partial charge in [0.2, 0.25) is 5.91 Å². The molecule has 3 heteroatoms. The zero-order valence-corrected chi connectivity index (χ0v) is 12.6. The van der Waals surface area contributed by atoms with E-state index in [4.69, 9.17) is 0 Å². The van der Waals surface area contributed by atoms with Crippen LogP contribution in [0.3, 0.4) is 0 Å². The Balaban J connectivity index is 1.86. The van der Waals surface area contributed by atoms with Crippen LogP contribution in [0, 0.1) is 5.92 Å². The molecule has 0 radical (unpaired) electrons. The van der Waals surface area contributed by atoms with Crippen molar-refractivity contribution in [1.82, 2.24) is 10.2 Å². The fourth-order valence-corrected chi connectivity index (χ4v) is 2.98. The van der Waals surface area contributed by atoms with Crippen LogP contribution < -0.4 is 5.32 Å². The second kappa shape index (κ2) is 7.44. The molecule has 2 unspecified atom stereocenters. The van der Waals surface area contributed by atoms with Crippen molar-refractivity contribution in [2.75, 3.05) is 19.6 Å². The minimum atomic E-state index is 0.130. The molecule has 1 aliphatic rings. The molecule has 0 saturated carbocycles. The predicted molar refractivity (Wildman–Crippen MR) is 82.5 cm³/mol. The van der Waals surface area contributed by atoms with E-state index >= 15 is 0 Å². The Morgan fingerprint density at radius 3 is 2.80 bits per heavy atom. The molecule has 1 aromatic carbocycles. The van der Waals surface area contributed by atoms with Crippen LogP contribution in [0.25, 0.3) is 0 Å². The molecule has 110 valence electrons. The number of nitrogens with zero attached hydrogens (tertiary/aromatic N) is 1. The second-order valence-electron chi connectivity index (χ2n) is 5.92. The summed E-state index contributed by atoms with van der Waals surface area (Å²) in [6.07, 6.45) is 3.43. The molecule has 3 nitrogen and oxygen atoms in total. The van der Waals surface area contributed by atoms with Crippen LogP contribution in [0.4, 0.5) is 0 Å². The van der Waals surface area contributed by atoms with Gasteiger partial charge in [-0.1, -0.05) is 44.2 Å². The lowest BCUT2D eigenvalue weighted by Crippen LogP contribution is -2.42. The summed E-state index contributed by atoms with van der Waals surface area (Å²) in [6.45, 7) is 7.02. The van der Waals surface area contributed by atoms with Gasteiger partial charge in [0.25, 0.3) is 0 Å². The van der Waals surface area contributed by atoms with Gasteiger partial charge in [-0.3, -0.25) is 9.69 Å². The maximum absolute atomic E-state index is 12.2. The second-order valence-corrected chi connectivity index (χ2v) is 5.92. The molecule has 0 bridgehead atoms. The van der Waals surface area contributed by atoms with E-state index in [1.807, 2.05) is 18.2 Å². The Hall–Kier alpha value is -1.35. The Morgan fingerprint density at radius 1 is 1.40 bits per heavy atom. The summed E-state index contributed by atoms with van der Waals surface area (Å²) in [4.78, 5) is 14.5. The van der Waals surface area contributed by atoms with Crippen molar-refractivity contribution < 1.29 is 4.79 Å². The van der Waals surface area contributed by atoms with Crippen molar-refractivity contribution in [1.29, 1.82) is 0 Å². The van der Waals surface area contributed by atoms with Crippen molar-refractivity contribution in [3.63, 3.8) is 0 Å². The Morgan fingerprint density at radius 2 is 2.15 bits per heavy atom. The smallest absolute Gasteiger partial charge is 0.234 e. The van der Waals surface area contributed by atoms with Crippen molar-refractivity contribution in [2.24, 2.45) is 5.92 Å². The molecule has 1 aliphatic heterocycles. The van der Waals surface area contributed by atoms with E-state index in [0.29, 0.717) is 12.5 Å². The zero-order valence-electron chi connectivity index (χ0n) is 12.6. The highest BCUT2D eigenvalue weighted by molar-refractivity contribution is 5.78. The maximum atomic E-state index is 12.2. The average molecular weight is 274 g/mol. The van der Waals surface area contributed by atoms with Gasteiger partial charge in [0.05, 0.1) is 12.6 Å². The van der Waals surface area contributed by atoms with Crippen LogP contribution in [0.1, 0.15) is 44.7 Å². The molecule has 1 saturated heterocycles. The number of benzene rings is 1. The molecule has 1 N–H and O–H groups in total. The summed E-state index contributed by atoms with van der Waals surface area (Å²) < 4.78 is 0. The Bertz CT molecular complexity index is 418. The first-order valence-electron chi connectivity index (χ1n) is 7.75. The first-order valence-corrected chi connectivity index (χ1v) is 7.75. The number of carbonyl (C=O) groups excluding carboxylic acids is 1. The van der Waals surface area contributed by atoms with Crippen LogP contribution in [0.15, 0.2) is 30.3 Å². The monoisotopic (exact) mass is 274 g/mol. The minimum Gasteiger partial charge on any atom is -0.348 e. The van der Waals surface area contributed by atoms with Crippen LogP contribution >= 0.6 is 0 Å². The number of amides is 1. The van der Waals surface area contributed by atoms with Gasteiger partial charge in [0.1, 0.15) is 0 Å². The molecule has 0 aliphatic carbocycles. The third-order valence-corrected chi connectivity index (χ3v) is 4.05. The van der Waals surface area contributed by atoms with E-state index in [0.717, 1.165) is 19.5 Å². The van der Waals surface area contributed by atoms with Gasteiger partial charge in [-0.2, -0.15) is 0 Å². The van der Waals surface area contributed by atoms with Crippen molar-refractivity contribution >= 4 is 5.91 Å². The quantitative estimate of drug-likeness (QED) is 0.895. The van der Waals surface area contributed by atoms with Crippen LogP contribution in [0.2, 0.25) is 0 Å². The van der Waals surface area contributed by atoms with Crippen LogP contribution in [0.5, 0.6) is 0 Å². The minimum absolute atomic E-state index is 0.130. The molecule has 20 heavy (non-hydrogen) atoms. The fraction of sp³-hybridized carbons (Fsp3) is 0.588. The van der Waals surface area contributed by atoms with Gasteiger partial charge in [0.15, 0.2) is 0 Å². The normalized spacial score (nSPS) is 21.4. The van der Waals surface area contributed by atoms with E-state index < -0.39 is 0 Å². The standard InChI is InChI=1S/C17H26N2O/c1-3-16(15-9-5-4-6-10-15)18-17(20)13-19-11-7-8-14(2)12-19/h4-6,9-10,14,16H,3,7-8,11-13H2,1-2H3,(H,18,20). The van der Waals surface area contributed by atoms with Gasteiger partial charge in [-0.05, 0) is 37.3 Å². The molecular weight excluding hydrogens is 248 g/mol. The van der Waals surface area contributed by atoms with E-state index in [9.17, 15) is 4.79 Å². The largest absolute Gasteiger partial charge is 0.348 e. The summed E-state index contributed by atoms with van der Waals surface area (Å²) >= 11 is 0. The van der Waals surface area contributed by atoms with Crippen LogP contribution in [-0.4, -0.2) is 30.4 Å². The lowest BCUT2D eigenvalue weighted by molar-refractivity contribution is -0.123. The number of hydrogen-bond donors (Lipinski definition) is 1. The fourth-order valence-electron chi connectivity index (χ4n) is 2.98. The Kier molecular flexibility index (Phi) is 5.60. The SMILES string of the molecule is CCC(NC(=O)CN1CCCC(C)C1)c1ccccc1. The summed E-state index contributed by atoms with van der Waals surface area (Å²) in [6, 6.07) is 10.3. The van der Waals surface area contributed by atoms with Gasteiger partial charge in [-0.15, -0.1) is 0 Å². The van der Waals surface area contributed by atoms with E-state index in [2.05, 4.69) is 36.2 Å². The number of likely N-dealkylation sites (tertiary alicyclic amines) is 1. The molecule has 1 fully saturated rings. The first kappa shape index (κ1) is 15.0. The van der Waals surface area contributed by atoms with Crippen molar-refractivity contribution in [3.8, 4) is 0 Å². The van der Waals surface area contributed by atoms with Gasteiger partial charge in [-0.25, -0.2) is 0 Å². The lowest BCUT2D eigenvalue weighted by Gasteiger charge is -2.30. The molecular formula is C17H26N2O. The predicted octanol–water partition coefficient (Wildman–Crippen LogP) is 2.99. The van der Waals surface area contributed by atoms with Gasteiger partial charge in [0, 0.05) is 6.54 Å². The van der Waals surface area contributed by atoms with Gasteiger partial charge < -0.3 is 5.32 Å². The Labute approximate surface area is 122 Å². The molecule has 2 atom stereocenters. The summed E-state index contributed by atoms with van der Waals surface area (Å²) in [5.74, 6) is 0.863. The van der Waals surface area contributed by atoms with Crippen molar-refractivity contribution in [3.05, 3.63) is 35.9 Å². The third-order valence-electron chi connectivity index (χ3n) is 4.05. The highest BCUT2D eigenvalue weighted by atomic mass is 16.2. The molecule has 1 heterocycles. The van der Waals surface area contributed by atoms with E-state index in [-0.39, 0.29) is 11.9 Å². The zero-order chi connectivity index (χ0) is 14.4. The molecule has 0 aromatic heterocycles. The lowest BCUT2D eigenvalue weighted by atomic mass is 10.0. The number of nitrogens with one attached hydrogen (secondary N) is 1. The maximum Gasteiger partial charge on any atom is 0.234 e. The topological polar surface area (TPSA) is 32.3 Å². The summed E-state index contributed by atoms with van der Waals surface area (Å²) in [7, 11) is 0. The van der Waals surface area contributed by atoms with E-state index in [1.165, 1.54) is 18.4 Å². The third kappa shape index (κ3) is 4.34. The highest BCUT2D eigenvalue weighted by Gasteiger charge is 2.20. The average Bonchev–Trinajstić information content (AvgIpc) is 2.45. The first-order chi connectivity index (χ1) is 9.69. The summed E-state index contributed by atoms with van der Waals surface area (Å²) in [5, 5.41) is 3.16. The van der Waals surface area contributed by atoms with Gasteiger partial charge >= 0.3 is 0 Å². The van der Waals surface area contributed by atoms with Crippen LogP contribution in [-0.2, 0) is 4.79 Å². The van der Waals surface area contributed by atoms with E-state index in [1.54, 1.807) is 0 Å². The molecule has 1 amide bonds. The number of carbonyl (C=O) groups is 1. The molecule has 2 rings (SSSR count). The highest BCUT2D eigenvalue weighted by Crippen LogP contribution is 2.17. The number of hydrogen-bond acceptors (Lipinski definition) is 2. The molecule has 1 aromatic rings. The number of rotatable bonds is 5.